The minimum Gasteiger partial charge on any atom is -0.482 e. The lowest BCUT2D eigenvalue weighted by Crippen LogP contribution is -2.31. The molecule has 5 heteroatoms. The van der Waals surface area contributed by atoms with Crippen LogP contribution < -0.4 is 4.74 Å². The quantitative estimate of drug-likeness (QED) is 0.894. The number of carbonyl (C=O) groups is 1. The van der Waals surface area contributed by atoms with Gasteiger partial charge < -0.3 is 14.7 Å². The van der Waals surface area contributed by atoms with E-state index >= 15 is 0 Å². The number of hydrogen-bond donors (Lipinski definition) is 1. The zero-order chi connectivity index (χ0) is 13.7. The van der Waals surface area contributed by atoms with Crippen molar-refractivity contribution in [3.63, 3.8) is 0 Å². The van der Waals surface area contributed by atoms with Crippen LogP contribution in [0.4, 0.5) is 0 Å². The lowest BCUT2D eigenvalue weighted by atomic mass is 10.1. The molecule has 0 aliphatic rings. The molecule has 1 N–H and O–H groups in total. The number of ether oxygens (including phenoxy) is 1. The van der Waals surface area contributed by atoms with Crippen LogP contribution >= 0.6 is 11.6 Å². The van der Waals surface area contributed by atoms with E-state index in [1.165, 1.54) is 0 Å². The highest BCUT2D eigenvalue weighted by molar-refractivity contribution is 6.32. The second kappa shape index (κ2) is 6.61. The van der Waals surface area contributed by atoms with Crippen LogP contribution in [0.15, 0.2) is 18.2 Å². The second-order valence-corrected chi connectivity index (χ2v) is 4.47. The molecule has 1 aromatic rings. The third kappa shape index (κ3) is 3.89. The summed E-state index contributed by atoms with van der Waals surface area (Å²) in [7, 11) is 1.71. The maximum Gasteiger partial charge on any atom is 0.260 e. The summed E-state index contributed by atoms with van der Waals surface area (Å²) in [5, 5.41) is 9.79. The second-order valence-electron chi connectivity index (χ2n) is 4.06. The Balaban J connectivity index is 2.66. The van der Waals surface area contributed by atoms with Gasteiger partial charge in [0.2, 0.25) is 0 Å². The highest BCUT2D eigenvalue weighted by Gasteiger charge is 2.10. The number of aliphatic hydroxyl groups excluding tert-OH is 1. The normalized spacial score (nSPS) is 12.1. The van der Waals surface area contributed by atoms with Crippen LogP contribution in [0.25, 0.3) is 0 Å². The third-order valence-electron chi connectivity index (χ3n) is 2.69. The Morgan fingerprint density at radius 2 is 2.22 bits per heavy atom. The molecule has 1 aromatic carbocycles. The first kappa shape index (κ1) is 14.8. The van der Waals surface area contributed by atoms with Crippen LogP contribution in [0.1, 0.15) is 25.5 Å². The molecule has 18 heavy (non-hydrogen) atoms. The SMILES string of the molecule is CCN(C)C(=O)COc1ccc([C@H](C)O)cc1Cl. The van der Waals surface area contributed by atoms with E-state index in [1.807, 2.05) is 6.92 Å². The Labute approximate surface area is 112 Å². The van der Waals surface area contributed by atoms with Crippen molar-refractivity contribution in [1.29, 1.82) is 0 Å². The van der Waals surface area contributed by atoms with E-state index in [-0.39, 0.29) is 12.5 Å². The third-order valence-corrected chi connectivity index (χ3v) is 2.98. The summed E-state index contributed by atoms with van der Waals surface area (Å²) in [6, 6.07) is 5.01. The van der Waals surface area contributed by atoms with Gasteiger partial charge in [0.25, 0.3) is 5.91 Å². The Bertz CT molecular complexity index is 421. The summed E-state index contributed by atoms with van der Waals surface area (Å²) in [5.74, 6) is 0.340. The van der Waals surface area contributed by atoms with E-state index in [2.05, 4.69) is 0 Å². The van der Waals surface area contributed by atoms with Gasteiger partial charge in [-0.2, -0.15) is 0 Å². The molecule has 0 bridgehead atoms. The average Bonchev–Trinajstić information content (AvgIpc) is 2.35. The number of rotatable bonds is 5. The largest absolute Gasteiger partial charge is 0.482 e. The molecule has 0 saturated carbocycles. The predicted molar refractivity (Wildman–Crippen MR) is 70.9 cm³/mol. The molecule has 1 atom stereocenters. The zero-order valence-corrected chi connectivity index (χ0v) is 11.6. The summed E-state index contributed by atoms with van der Waals surface area (Å²) >= 11 is 6.01. The number of aliphatic hydroxyl groups is 1. The van der Waals surface area contributed by atoms with Gasteiger partial charge in [-0.25, -0.2) is 0 Å². The van der Waals surface area contributed by atoms with Crippen LogP contribution in [0.3, 0.4) is 0 Å². The number of likely N-dealkylation sites (N-methyl/N-ethyl adjacent to an activating group) is 1. The van der Waals surface area contributed by atoms with Crippen molar-refractivity contribution < 1.29 is 14.6 Å². The van der Waals surface area contributed by atoms with E-state index in [4.69, 9.17) is 16.3 Å². The molecule has 0 fully saturated rings. The Morgan fingerprint density at radius 1 is 1.56 bits per heavy atom. The minimum atomic E-state index is -0.579. The monoisotopic (exact) mass is 271 g/mol. The average molecular weight is 272 g/mol. The molecule has 0 aliphatic carbocycles. The first-order valence-corrected chi connectivity index (χ1v) is 6.17. The Morgan fingerprint density at radius 3 is 2.72 bits per heavy atom. The fourth-order valence-corrected chi connectivity index (χ4v) is 1.56. The van der Waals surface area contributed by atoms with E-state index in [1.54, 1.807) is 37.1 Å². The maximum absolute atomic E-state index is 11.6. The van der Waals surface area contributed by atoms with Crippen molar-refractivity contribution in [2.45, 2.75) is 20.0 Å². The molecule has 0 spiro atoms. The molecule has 0 radical (unpaired) electrons. The van der Waals surface area contributed by atoms with Crippen LogP contribution in [0, 0.1) is 0 Å². The molecule has 4 nitrogen and oxygen atoms in total. The van der Waals surface area contributed by atoms with Crippen LogP contribution in [-0.2, 0) is 4.79 Å². The standard InChI is InChI=1S/C13H18ClNO3/c1-4-15(3)13(17)8-18-12-6-5-10(9(2)16)7-11(12)14/h5-7,9,16H,4,8H2,1-3H3/t9-/m0/s1. The van der Waals surface area contributed by atoms with E-state index in [0.29, 0.717) is 22.9 Å². The number of amides is 1. The van der Waals surface area contributed by atoms with Crippen molar-refractivity contribution in [3.05, 3.63) is 28.8 Å². The van der Waals surface area contributed by atoms with Gasteiger partial charge in [-0.15, -0.1) is 0 Å². The van der Waals surface area contributed by atoms with Crippen LogP contribution in [0.5, 0.6) is 5.75 Å². The van der Waals surface area contributed by atoms with Crippen LogP contribution in [0.2, 0.25) is 5.02 Å². The molecule has 1 rings (SSSR count). The van der Waals surface area contributed by atoms with Crippen LogP contribution in [-0.4, -0.2) is 36.1 Å². The highest BCUT2D eigenvalue weighted by Crippen LogP contribution is 2.27. The minimum absolute atomic E-state index is 0.0436. The first-order chi connectivity index (χ1) is 8.45. The summed E-state index contributed by atoms with van der Waals surface area (Å²) in [5.41, 5.74) is 0.712. The summed E-state index contributed by atoms with van der Waals surface area (Å²) in [4.78, 5) is 13.1. The van der Waals surface area contributed by atoms with Crippen molar-refractivity contribution in [1.82, 2.24) is 4.90 Å². The molecule has 1 amide bonds. The highest BCUT2D eigenvalue weighted by atomic mass is 35.5. The number of benzene rings is 1. The van der Waals surface area contributed by atoms with E-state index in [0.717, 1.165) is 0 Å². The van der Waals surface area contributed by atoms with Crippen molar-refractivity contribution in [2.75, 3.05) is 20.2 Å². The molecule has 0 saturated heterocycles. The van der Waals surface area contributed by atoms with Gasteiger partial charge in [-0.3, -0.25) is 4.79 Å². The Hall–Kier alpha value is -1.26. The van der Waals surface area contributed by atoms with Gasteiger partial charge in [0.15, 0.2) is 6.61 Å². The molecule has 100 valence electrons. The number of nitrogens with zero attached hydrogens (tertiary/aromatic N) is 1. The summed E-state index contributed by atoms with van der Waals surface area (Å²) < 4.78 is 5.35. The fraction of sp³-hybridized carbons (Fsp3) is 0.462. The lowest BCUT2D eigenvalue weighted by molar-refractivity contribution is -0.131. The topological polar surface area (TPSA) is 49.8 Å². The maximum atomic E-state index is 11.6. The molecular weight excluding hydrogens is 254 g/mol. The van der Waals surface area contributed by atoms with Gasteiger partial charge in [-0.05, 0) is 31.5 Å². The molecule has 0 heterocycles. The van der Waals surface area contributed by atoms with Crippen molar-refractivity contribution in [3.8, 4) is 5.75 Å². The molecule has 0 aliphatic heterocycles. The summed E-state index contributed by atoms with van der Waals surface area (Å²) in [6.07, 6.45) is -0.579. The molecular formula is C13H18ClNO3. The first-order valence-electron chi connectivity index (χ1n) is 5.80. The summed E-state index contributed by atoms with van der Waals surface area (Å²) in [6.45, 7) is 4.14. The van der Waals surface area contributed by atoms with Gasteiger partial charge in [0.05, 0.1) is 11.1 Å². The van der Waals surface area contributed by atoms with Gasteiger partial charge >= 0.3 is 0 Å². The van der Waals surface area contributed by atoms with E-state index < -0.39 is 6.10 Å². The fourth-order valence-electron chi connectivity index (χ4n) is 1.32. The number of hydrogen-bond acceptors (Lipinski definition) is 3. The van der Waals surface area contributed by atoms with E-state index in [9.17, 15) is 9.90 Å². The number of halogens is 1. The predicted octanol–water partition coefficient (Wildman–Crippen LogP) is 2.25. The molecule has 0 aromatic heterocycles. The zero-order valence-electron chi connectivity index (χ0n) is 10.8. The lowest BCUT2D eigenvalue weighted by Gasteiger charge is -2.15. The Kier molecular flexibility index (Phi) is 5.44. The van der Waals surface area contributed by atoms with Crippen molar-refractivity contribution in [2.24, 2.45) is 0 Å². The van der Waals surface area contributed by atoms with Gasteiger partial charge in [0.1, 0.15) is 5.75 Å². The van der Waals surface area contributed by atoms with Gasteiger partial charge in [0, 0.05) is 13.6 Å². The number of carbonyl (C=O) groups excluding carboxylic acids is 1. The van der Waals surface area contributed by atoms with Crippen molar-refractivity contribution >= 4 is 17.5 Å². The molecule has 0 unspecified atom stereocenters. The smallest absolute Gasteiger partial charge is 0.260 e. The van der Waals surface area contributed by atoms with Gasteiger partial charge in [-0.1, -0.05) is 17.7 Å².